The highest BCUT2D eigenvalue weighted by Crippen LogP contribution is 2.21. The number of piperazine rings is 1. The smallest absolute Gasteiger partial charge is 0.265 e. The van der Waals surface area contributed by atoms with Gasteiger partial charge in [0.25, 0.3) is 17.7 Å². The monoisotopic (exact) mass is 487 g/mol. The molecule has 3 aromatic rings. The fourth-order valence-corrected chi connectivity index (χ4v) is 4.60. The summed E-state index contributed by atoms with van der Waals surface area (Å²) < 4.78 is 0. The van der Waals surface area contributed by atoms with Crippen molar-refractivity contribution in [2.45, 2.75) is 0 Å². The second-order valence-electron chi connectivity index (χ2n) is 7.25. The molecule has 1 saturated heterocycles. The van der Waals surface area contributed by atoms with Crippen molar-refractivity contribution in [2.24, 2.45) is 0 Å². The minimum Gasteiger partial charge on any atom is -0.335 e. The summed E-state index contributed by atoms with van der Waals surface area (Å²) in [5.41, 5.74) is 1.58. The molecule has 0 radical (unpaired) electrons. The van der Waals surface area contributed by atoms with E-state index >= 15 is 0 Å². The van der Waals surface area contributed by atoms with Crippen LogP contribution in [-0.4, -0.2) is 53.7 Å². The van der Waals surface area contributed by atoms with Gasteiger partial charge in [0.05, 0.1) is 4.88 Å². The third kappa shape index (κ3) is 5.12. The molecule has 1 N–H and O–H groups in total. The Hall–Kier alpha value is -2.87. The first-order chi connectivity index (χ1) is 15.4. The first-order valence-electron chi connectivity index (χ1n) is 9.90. The van der Waals surface area contributed by atoms with Crippen molar-refractivity contribution >= 4 is 57.9 Å². The van der Waals surface area contributed by atoms with Crippen LogP contribution < -0.4 is 5.32 Å². The van der Waals surface area contributed by atoms with Crippen LogP contribution in [0.25, 0.3) is 0 Å². The van der Waals surface area contributed by atoms with Crippen LogP contribution in [0, 0.1) is 0 Å². The van der Waals surface area contributed by atoms with E-state index in [-0.39, 0.29) is 17.7 Å². The van der Waals surface area contributed by atoms with Gasteiger partial charge in [-0.2, -0.15) is 0 Å². The van der Waals surface area contributed by atoms with E-state index in [1.165, 1.54) is 11.3 Å². The summed E-state index contributed by atoms with van der Waals surface area (Å²) in [5.74, 6) is -0.452. The Morgan fingerprint density at radius 2 is 1.34 bits per heavy atom. The molecular weight excluding hydrogens is 469 g/mol. The molecule has 164 valence electrons. The third-order valence-electron chi connectivity index (χ3n) is 5.10. The van der Waals surface area contributed by atoms with E-state index in [1.54, 1.807) is 58.3 Å². The van der Waals surface area contributed by atoms with Crippen LogP contribution in [0.3, 0.4) is 0 Å². The normalized spacial score (nSPS) is 13.7. The summed E-state index contributed by atoms with van der Waals surface area (Å²) in [6, 6.07) is 15.1. The lowest BCUT2D eigenvalue weighted by Gasteiger charge is -2.35. The summed E-state index contributed by atoms with van der Waals surface area (Å²) in [7, 11) is 0. The minimum atomic E-state index is -0.180. The van der Waals surface area contributed by atoms with Gasteiger partial charge >= 0.3 is 0 Å². The predicted octanol–water partition coefficient (Wildman–Crippen LogP) is 4.91. The fraction of sp³-hybridized carbons (Fsp3) is 0.174. The lowest BCUT2D eigenvalue weighted by atomic mass is 10.1. The first-order valence-corrected chi connectivity index (χ1v) is 11.5. The van der Waals surface area contributed by atoms with Gasteiger partial charge in [0, 0.05) is 53.0 Å². The van der Waals surface area contributed by atoms with Crippen LogP contribution in [0.4, 0.5) is 5.69 Å². The number of carbonyl (C=O) groups is 3. The summed E-state index contributed by atoms with van der Waals surface area (Å²) in [5, 5.41) is 5.47. The molecule has 6 nitrogen and oxygen atoms in total. The first kappa shape index (κ1) is 22.3. The predicted molar refractivity (Wildman–Crippen MR) is 127 cm³/mol. The van der Waals surface area contributed by atoms with Crippen LogP contribution in [0.1, 0.15) is 30.4 Å². The Balaban J connectivity index is 1.34. The maximum atomic E-state index is 12.9. The highest BCUT2D eigenvalue weighted by Gasteiger charge is 2.26. The van der Waals surface area contributed by atoms with Gasteiger partial charge in [0.2, 0.25) is 0 Å². The molecule has 0 aliphatic carbocycles. The number of rotatable bonds is 4. The van der Waals surface area contributed by atoms with E-state index in [0.29, 0.717) is 57.9 Å². The summed E-state index contributed by atoms with van der Waals surface area (Å²) in [4.78, 5) is 41.8. The highest BCUT2D eigenvalue weighted by atomic mass is 35.5. The molecule has 0 saturated carbocycles. The number of thiophene rings is 1. The van der Waals surface area contributed by atoms with Gasteiger partial charge in [0.1, 0.15) is 0 Å². The molecule has 32 heavy (non-hydrogen) atoms. The molecule has 0 spiro atoms. The van der Waals surface area contributed by atoms with Crippen LogP contribution >= 0.6 is 34.5 Å². The zero-order valence-electron chi connectivity index (χ0n) is 16.9. The maximum absolute atomic E-state index is 12.9. The standard InChI is InChI=1S/C23H19Cl2N3O3S/c24-17-12-16(13-18(25)14-17)23(31)28-9-7-27(8-10-28)22(30)15-3-5-19(6-4-15)26-21(29)20-2-1-11-32-20/h1-6,11-14H,7-10H2,(H,26,29). The number of hydrogen-bond donors (Lipinski definition) is 1. The molecule has 1 aromatic heterocycles. The molecule has 2 aromatic carbocycles. The molecule has 3 amide bonds. The van der Waals surface area contributed by atoms with Crippen molar-refractivity contribution in [1.82, 2.24) is 9.80 Å². The van der Waals surface area contributed by atoms with E-state index in [1.807, 2.05) is 11.4 Å². The van der Waals surface area contributed by atoms with E-state index in [0.717, 1.165) is 0 Å². The Morgan fingerprint density at radius 3 is 1.88 bits per heavy atom. The summed E-state index contributed by atoms with van der Waals surface area (Å²) >= 11 is 13.4. The van der Waals surface area contributed by atoms with Crippen LogP contribution in [0.15, 0.2) is 60.0 Å². The molecule has 4 rings (SSSR count). The zero-order chi connectivity index (χ0) is 22.7. The largest absolute Gasteiger partial charge is 0.335 e. The van der Waals surface area contributed by atoms with Crippen molar-refractivity contribution in [3.8, 4) is 0 Å². The number of hydrogen-bond acceptors (Lipinski definition) is 4. The molecule has 0 atom stereocenters. The van der Waals surface area contributed by atoms with E-state index < -0.39 is 0 Å². The van der Waals surface area contributed by atoms with Gasteiger partial charge in [-0.1, -0.05) is 29.3 Å². The Labute approximate surface area is 199 Å². The van der Waals surface area contributed by atoms with E-state index in [2.05, 4.69) is 5.32 Å². The lowest BCUT2D eigenvalue weighted by Crippen LogP contribution is -2.50. The number of halogens is 2. The van der Waals surface area contributed by atoms with Crippen molar-refractivity contribution in [3.05, 3.63) is 86.0 Å². The quantitative estimate of drug-likeness (QED) is 0.568. The van der Waals surface area contributed by atoms with Crippen LogP contribution in [0.5, 0.6) is 0 Å². The number of anilines is 1. The molecule has 1 fully saturated rings. The zero-order valence-corrected chi connectivity index (χ0v) is 19.2. The molecule has 0 unspecified atom stereocenters. The van der Waals surface area contributed by atoms with Crippen molar-refractivity contribution < 1.29 is 14.4 Å². The minimum absolute atomic E-state index is 0.112. The number of nitrogens with zero attached hydrogens (tertiary/aromatic N) is 2. The van der Waals surface area contributed by atoms with Gasteiger partial charge in [-0.05, 0) is 53.9 Å². The van der Waals surface area contributed by atoms with Crippen molar-refractivity contribution in [3.63, 3.8) is 0 Å². The van der Waals surface area contributed by atoms with Crippen LogP contribution in [0.2, 0.25) is 10.0 Å². The summed E-state index contributed by atoms with van der Waals surface area (Å²) in [6.07, 6.45) is 0. The average Bonchev–Trinajstić information content (AvgIpc) is 3.33. The molecule has 2 heterocycles. The molecule has 1 aliphatic heterocycles. The molecule has 9 heteroatoms. The topological polar surface area (TPSA) is 69.7 Å². The highest BCUT2D eigenvalue weighted by molar-refractivity contribution is 7.12. The van der Waals surface area contributed by atoms with Gasteiger partial charge in [-0.25, -0.2) is 0 Å². The average molecular weight is 488 g/mol. The Kier molecular flexibility index (Phi) is 6.79. The number of nitrogens with one attached hydrogen (secondary N) is 1. The number of benzene rings is 2. The van der Waals surface area contributed by atoms with Gasteiger partial charge in [0.15, 0.2) is 0 Å². The van der Waals surface area contributed by atoms with E-state index in [9.17, 15) is 14.4 Å². The number of amides is 3. The second kappa shape index (κ2) is 9.73. The summed E-state index contributed by atoms with van der Waals surface area (Å²) in [6.45, 7) is 1.69. The van der Waals surface area contributed by atoms with Crippen molar-refractivity contribution in [2.75, 3.05) is 31.5 Å². The SMILES string of the molecule is O=C(Nc1ccc(C(=O)N2CCN(C(=O)c3cc(Cl)cc(Cl)c3)CC2)cc1)c1cccs1. The third-order valence-corrected chi connectivity index (χ3v) is 6.40. The Morgan fingerprint density at radius 1 is 0.781 bits per heavy atom. The molecule has 0 bridgehead atoms. The fourth-order valence-electron chi connectivity index (χ4n) is 3.45. The van der Waals surface area contributed by atoms with Gasteiger partial charge < -0.3 is 15.1 Å². The van der Waals surface area contributed by atoms with Gasteiger partial charge in [-0.15, -0.1) is 11.3 Å². The van der Waals surface area contributed by atoms with Crippen LogP contribution in [-0.2, 0) is 0 Å². The van der Waals surface area contributed by atoms with Crippen molar-refractivity contribution in [1.29, 1.82) is 0 Å². The molecular formula is C23H19Cl2N3O3S. The lowest BCUT2D eigenvalue weighted by molar-refractivity contribution is 0.0535. The van der Waals surface area contributed by atoms with Gasteiger partial charge in [-0.3, -0.25) is 14.4 Å². The van der Waals surface area contributed by atoms with E-state index in [4.69, 9.17) is 23.2 Å². The number of carbonyl (C=O) groups excluding carboxylic acids is 3. The Bertz CT molecular complexity index is 1120. The second-order valence-corrected chi connectivity index (χ2v) is 9.07. The molecule has 1 aliphatic rings. The maximum Gasteiger partial charge on any atom is 0.265 e.